The average Bonchev–Trinajstić information content (AvgIpc) is 3.20. The molecule has 1 nitrogen and oxygen atoms in total. The molecule has 0 aromatic heterocycles. The van der Waals surface area contributed by atoms with Crippen LogP contribution >= 0.6 is 7.92 Å². The Morgan fingerprint density at radius 2 is 1.73 bits per heavy atom. The predicted molar refractivity (Wildman–Crippen MR) is 100 cm³/mol. The van der Waals surface area contributed by atoms with Crippen LogP contribution in [-0.4, -0.2) is 42.0 Å². The van der Waals surface area contributed by atoms with E-state index in [-0.39, 0.29) is 7.92 Å². The van der Waals surface area contributed by atoms with E-state index in [1.807, 2.05) is 0 Å². The highest BCUT2D eigenvalue weighted by molar-refractivity contribution is 7.60. The van der Waals surface area contributed by atoms with E-state index in [1.165, 1.54) is 51.4 Å². The van der Waals surface area contributed by atoms with Crippen LogP contribution in [0.25, 0.3) is 0 Å². The maximum atomic E-state index is 2.63. The van der Waals surface area contributed by atoms with Crippen molar-refractivity contribution in [2.24, 2.45) is 5.92 Å². The summed E-state index contributed by atoms with van der Waals surface area (Å²) in [5.41, 5.74) is 3.12. The van der Waals surface area contributed by atoms with E-state index in [9.17, 15) is 0 Å². The van der Waals surface area contributed by atoms with Crippen LogP contribution in [0.5, 0.6) is 0 Å². The first-order valence-corrected chi connectivity index (χ1v) is 11.3. The summed E-state index contributed by atoms with van der Waals surface area (Å²) in [7, 11) is 4.79. The predicted octanol–water partition coefficient (Wildman–Crippen LogP) is 5.64. The molecule has 3 aliphatic carbocycles. The zero-order chi connectivity index (χ0) is 15.5. The second-order valence-electron chi connectivity index (χ2n) is 8.18. The van der Waals surface area contributed by atoms with Gasteiger partial charge in [0.1, 0.15) is 0 Å². The minimum Gasteiger partial charge on any atom is -0.306 e. The van der Waals surface area contributed by atoms with Gasteiger partial charge in [0, 0.05) is 6.04 Å². The molecular formula is C20H36NP. The van der Waals surface area contributed by atoms with Crippen LogP contribution in [0, 0.1) is 5.92 Å². The third kappa shape index (κ3) is 3.62. The number of hydrogen-bond acceptors (Lipinski definition) is 1. The summed E-state index contributed by atoms with van der Waals surface area (Å²) in [6.07, 6.45) is 20.1. The lowest BCUT2D eigenvalue weighted by atomic mass is 9.98. The highest BCUT2D eigenvalue weighted by Crippen LogP contribution is 2.63. The monoisotopic (exact) mass is 321 g/mol. The topological polar surface area (TPSA) is 3.24 Å². The summed E-state index contributed by atoms with van der Waals surface area (Å²) in [6, 6.07) is 0.770. The van der Waals surface area contributed by atoms with Gasteiger partial charge in [0.25, 0.3) is 0 Å². The van der Waals surface area contributed by atoms with Gasteiger partial charge in [-0.05, 0) is 82.4 Å². The Kier molecular flexibility index (Phi) is 6.02. The standard InChI is InChI=1S/C20H36NP/c1-16(21(2)3)19-14-9-15-20(19)22(18-12-7-8-13-18)17-10-5-4-6-11-17/h7,12,16-20H,4-6,8-11,13-15H2,1-3H3/t16-,18?,19?,20?,22?/m1/s1. The average molecular weight is 321 g/mol. The van der Waals surface area contributed by atoms with E-state index in [1.54, 1.807) is 12.8 Å². The first kappa shape index (κ1) is 17.0. The molecule has 0 amide bonds. The van der Waals surface area contributed by atoms with Crippen LogP contribution < -0.4 is 0 Å². The minimum absolute atomic E-state index is 0.209. The molecule has 0 bridgehead atoms. The van der Waals surface area contributed by atoms with Crippen molar-refractivity contribution in [3.63, 3.8) is 0 Å². The summed E-state index contributed by atoms with van der Waals surface area (Å²) < 4.78 is 0. The number of rotatable bonds is 5. The maximum absolute atomic E-state index is 2.63. The summed E-state index contributed by atoms with van der Waals surface area (Å²) in [4.78, 5) is 2.49. The Balaban J connectivity index is 1.79. The normalized spacial score (nSPS) is 36.1. The van der Waals surface area contributed by atoms with Gasteiger partial charge in [-0.2, -0.15) is 0 Å². The third-order valence-corrected chi connectivity index (χ3v) is 10.7. The lowest BCUT2D eigenvalue weighted by Gasteiger charge is -2.43. The number of hydrogen-bond donors (Lipinski definition) is 0. The molecule has 22 heavy (non-hydrogen) atoms. The van der Waals surface area contributed by atoms with Crippen molar-refractivity contribution >= 4 is 7.92 Å². The van der Waals surface area contributed by atoms with Gasteiger partial charge < -0.3 is 4.90 Å². The van der Waals surface area contributed by atoms with Crippen molar-refractivity contribution in [1.82, 2.24) is 4.90 Å². The molecule has 2 saturated carbocycles. The van der Waals surface area contributed by atoms with Gasteiger partial charge in [-0.3, -0.25) is 0 Å². The molecule has 4 unspecified atom stereocenters. The Morgan fingerprint density at radius 3 is 2.36 bits per heavy atom. The van der Waals surface area contributed by atoms with Gasteiger partial charge in [0.2, 0.25) is 0 Å². The molecule has 5 atom stereocenters. The molecule has 0 heterocycles. The fraction of sp³-hybridized carbons (Fsp3) is 0.900. The van der Waals surface area contributed by atoms with Crippen LogP contribution in [0.3, 0.4) is 0 Å². The van der Waals surface area contributed by atoms with Gasteiger partial charge in [-0.1, -0.05) is 45.8 Å². The third-order valence-electron chi connectivity index (χ3n) is 6.72. The molecule has 2 heteroatoms. The SMILES string of the molecule is C[C@H](C1CCCC1P(C1C=CCC1)C1CCCCC1)N(C)C. The molecule has 2 fully saturated rings. The molecule has 0 aromatic rings. The van der Waals surface area contributed by atoms with E-state index in [0.29, 0.717) is 0 Å². The van der Waals surface area contributed by atoms with Crippen molar-refractivity contribution in [3.05, 3.63) is 12.2 Å². The Hall–Kier alpha value is 0.130. The van der Waals surface area contributed by atoms with Crippen LogP contribution in [0.4, 0.5) is 0 Å². The lowest BCUT2D eigenvalue weighted by molar-refractivity contribution is 0.231. The first-order valence-electron chi connectivity index (χ1n) is 9.79. The highest BCUT2D eigenvalue weighted by Gasteiger charge is 2.43. The lowest BCUT2D eigenvalue weighted by Crippen LogP contribution is -2.38. The van der Waals surface area contributed by atoms with Gasteiger partial charge >= 0.3 is 0 Å². The molecule has 0 radical (unpaired) electrons. The fourth-order valence-corrected chi connectivity index (χ4v) is 9.94. The van der Waals surface area contributed by atoms with Gasteiger partial charge in [-0.15, -0.1) is 0 Å². The zero-order valence-corrected chi connectivity index (χ0v) is 15.9. The molecule has 126 valence electrons. The molecular weight excluding hydrogens is 285 g/mol. The van der Waals surface area contributed by atoms with E-state index < -0.39 is 0 Å². The van der Waals surface area contributed by atoms with Crippen molar-refractivity contribution < 1.29 is 0 Å². The number of nitrogens with zero attached hydrogens (tertiary/aromatic N) is 1. The second-order valence-corrected chi connectivity index (χ2v) is 11.1. The highest BCUT2D eigenvalue weighted by atomic mass is 31.1. The van der Waals surface area contributed by atoms with Gasteiger partial charge in [0.05, 0.1) is 0 Å². The molecule has 0 aromatic carbocycles. The summed E-state index contributed by atoms with van der Waals surface area (Å²) in [5, 5.41) is 0. The van der Waals surface area contributed by atoms with Crippen molar-refractivity contribution in [2.75, 3.05) is 14.1 Å². The van der Waals surface area contributed by atoms with Crippen molar-refractivity contribution in [3.8, 4) is 0 Å². The Morgan fingerprint density at radius 1 is 0.955 bits per heavy atom. The Bertz CT molecular complexity index is 372. The summed E-state index contributed by atoms with van der Waals surface area (Å²) in [5.74, 6) is 0.969. The largest absolute Gasteiger partial charge is 0.306 e. The molecule has 0 N–H and O–H groups in total. The fourth-order valence-electron chi connectivity index (χ4n) is 5.32. The molecule has 3 aliphatic rings. The first-order chi connectivity index (χ1) is 10.7. The zero-order valence-electron chi connectivity index (χ0n) is 15.0. The summed E-state index contributed by atoms with van der Waals surface area (Å²) >= 11 is 0. The van der Waals surface area contributed by atoms with Gasteiger partial charge in [-0.25, -0.2) is 0 Å². The van der Waals surface area contributed by atoms with Crippen LogP contribution in [0.1, 0.15) is 71.1 Å². The molecule has 0 spiro atoms. The van der Waals surface area contributed by atoms with Crippen molar-refractivity contribution in [1.29, 1.82) is 0 Å². The van der Waals surface area contributed by atoms with E-state index in [4.69, 9.17) is 0 Å². The second kappa shape index (κ2) is 7.80. The van der Waals surface area contributed by atoms with E-state index >= 15 is 0 Å². The molecule has 3 rings (SSSR count). The number of allylic oxidation sites excluding steroid dienone is 2. The van der Waals surface area contributed by atoms with Crippen LogP contribution in [-0.2, 0) is 0 Å². The van der Waals surface area contributed by atoms with E-state index in [0.717, 1.165) is 28.9 Å². The quantitative estimate of drug-likeness (QED) is 0.468. The smallest absolute Gasteiger partial charge is 0.00951 e. The maximum Gasteiger partial charge on any atom is 0.00951 e. The van der Waals surface area contributed by atoms with E-state index in [2.05, 4.69) is 38.1 Å². The van der Waals surface area contributed by atoms with Crippen LogP contribution in [0.2, 0.25) is 0 Å². The molecule has 0 saturated heterocycles. The Labute approximate surface area is 139 Å². The minimum atomic E-state index is 0.209. The van der Waals surface area contributed by atoms with Gasteiger partial charge in [0.15, 0.2) is 0 Å². The molecule has 0 aliphatic heterocycles. The van der Waals surface area contributed by atoms with Crippen LogP contribution in [0.15, 0.2) is 12.2 Å². The van der Waals surface area contributed by atoms with Crippen molar-refractivity contribution in [2.45, 2.75) is 94.2 Å². The summed E-state index contributed by atoms with van der Waals surface area (Å²) in [6.45, 7) is 2.49.